The fourth-order valence-corrected chi connectivity index (χ4v) is 4.02. The molecule has 0 radical (unpaired) electrons. The molecule has 0 saturated heterocycles. The van der Waals surface area contributed by atoms with Gasteiger partial charge in [-0.1, -0.05) is 0 Å². The molecule has 100 valence electrons. The predicted octanol–water partition coefficient (Wildman–Crippen LogP) is 0.975. The normalized spacial score (nSPS) is 17.9. The Kier molecular flexibility index (Phi) is 4.66. The van der Waals surface area contributed by atoms with Crippen LogP contribution in [0.5, 0.6) is 0 Å². The van der Waals surface area contributed by atoms with Gasteiger partial charge in [-0.25, -0.2) is 0 Å². The van der Waals surface area contributed by atoms with Crippen LogP contribution in [0.4, 0.5) is 0 Å². The number of hydrogen-bond donors (Lipinski definition) is 3. The summed E-state index contributed by atoms with van der Waals surface area (Å²) in [5.74, 6) is 2.06. The van der Waals surface area contributed by atoms with Crippen LogP contribution in [0.25, 0.3) is 0 Å². The zero-order valence-corrected chi connectivity index (χ0v) is 11.9. The Balaban J connectivity index is 1.95. The fourth-order valence-electron chi connectivity index (χ4n) is 1.73. The molecular weight excluding hydrogens is 268 g/mol. The molecule has 2 rings (SSSR count). The van der Waals surface area contributed by atoms with Gasteiger partial charge in [-0.05, 0) is 30.7 Å². The summed E-state index contributed by atoms with van der Waals surface area (Å²) in [5, 5.41) is 12.0. The summed E-state index contributed by atoms with van der Waals surface area (Å²) in [6, 6.07) is 1.56. The van der Waals surface area contributed by atoms with Crippen molar-refractivity contribution in [2.45, 2.75) is 31.2 Å². The number of carbonyl (C=O) groups is 1. The van der Waals surface area contributed by atoms with Gasteiger partial charge in [-0.3, -0.25) is 4.79 Å². The molecule has 0 spiro atoms. The van der Waals surface area contributed by atoms with Crippen LogP contribution >= 0.6 is 23.1 Å². The molecule has 6 heteroatoms. The average Bonchev–Trinajstić information content (AvgIpc) is 2.79. The van der Waals surface area contributed by atoms with Gasteiger partial charge in [0.25, 0.3) is 5.91 Å². The second-order valence-corrected chi connectivity index (χ2v) is 6.72. The summed E-state index contributed by atoms with van der Waals surface area (Å²) in [7, 11) is 0. The summed E-state index contributed by atoms with van der Waals surface area (Å²) < 4.78 is 0. The van der Waals surface area contributed by atoms with Crippen molar-refractivity contribution >= 4 is 29.0 Å². The SMILES string of the molecule is CC(O)C(N)CNC(=O)c1cc2c(s1)CCSC2. The molecule has 1 aliphatic heterocycles. The zero-order valence-electron chi connectivity index (χ0n) is 10.3. The molecule has 1 aliphatic rings. The number of rotatable bonds is 4. The van der Waals surface area contributed by atoms with E-state index in [0.29, 0.717) is 6.54 Å². The number of carbonyl (C=O) groups excluding carboxylic acids is 1. The van der Waals surface area contributed by atoms with Crippen molar-refractivity contribution in [3.05, 3.63) is 21.4 Å². The maximum absolute atomic E-state index is 11.9. The summed E-state index contributed by atoms with van der Waals surface area (Å²) in [6.07, 6.45) is 0.448. The van der Waals surface area contributed by atoms with E-state index in [1.54, 1.807) is 18.3 Å². The van der Waals surface area contributed by atoms with Crippen LogP contribution in [0.3, 0.4) is 0 Å². The van der Waals surface area contributed by atoms with Crippen LogP contribution < -0.4 is 11.1 Å². The molecule has 1 aromatic rings. The molecule has 0 aliphatic carbocycles. The van der Waals surface area contributed by atoms with Gasteiger partial charge >= 0.3 is 0 Å². The summed E-state index contributed by atoms with van der Waals surface area (Å²) in [4.78, 5) is 14.0. The van der Waals surface area contributed by atoms with E-state index in [1.807, 2.05) is 17.8 Å². The Labute approximate surface area is 115 Å². The van der Waals surface area contributed by atoms with Gasteiger partial charge in [-0.2, -0.15) is 11.8 Å². The average molecular weight is 286 g/mol. The van der Waals surface area contributed by atoms with Crippen LogP contribution in [-0.2, 0) is 12.2 Å². The molecule has 0 aromatic carbocycles. The number of nitrogens with two attached hydrogens (primary N) is 1. The first-order valence-corrected chi connectivity index (χ1v) is 7.96. The Hall–Kier alpha value is -0.560. The van der Waals surface area contributed by atoms with E-state index < -0.39 is 12.1 Å². The third-order valence-corrected chi connectivity index (χ3v) is 5.21. The molecule has 0 bridgehead atoms. The minimum Gasteiger partial charge on any atom is -0.392 e. The van der Waals surface area contributed by atoms with Crippen LogP contribution in [0.15, 0.2) is 6.07 Å². The van der Waals surface area contributed by atoms with E-state index in [0.717, 1.165) is 22.8 Å². The van der Waals surface area contributed by atoms with Crippen molar-refractivity contribution < 1.29 is 9.90 Å². The number of aliphatic hydroxyl groups excluding tert-OH is 1. The van der Waals surface area contributed by atoms with Gasteiger partial charge < -0.3 is 16.2 Å². The highest BCUT2D eigenvalue weighted by Gasteiger charge is 2.18. The van der Waals surface area contributed by atoms with Gasteiger partial charge in [-0.15, -0.1) is 11.3 Å². The number of thioether (sulfide) groups is 1. The third-order valence-electron chi connectivity index (χ3n) is 2.97. The molecule has 2 atom stereocenters. The van der Waals surface area contributed by atoms with E-state index in [2.05, 4.69) is 5.32 Å². The van der Waals surface area contributed by atoms with Crippen molar-refractivity contribution in [2.24, 2.45) is 5.73 Å². The van der Waals surface area contributed by atoms with Gasteiger partial charge in [0.15, 0.2) is 0 Å². The molecule has 2 heterocycles. The minimum absolute atomic E-state index is 0.0875. The van der Waals surface area contributed by atoms with Crippen LogP contribution in [0.1, 0.15) is 27.0 Å². The first kappa shape index (κ1) is 13.9. The van der Waals surface area contributed by atoms with Crippen molar-refractivity contribution in [3.8, 4) is 0 Å². The number of hydrogen-bond acceptors (Lipinski definition) is 5. The Morgan fingerprint density at radius 3 is 3.11 bits per heavy atom. The second kappa shape index (κ2) is 6.06. The Morgan fingerprint density at radius 1 is 1.67 bits per heavy atom. The third kappa shape index (κ3) is 3.26. The standard InChI is InChI=1S/C12H18N2O2S2/c1-7(15)9(13)5-14-12(16)11-4-8-6-17-3-2-10(8)18-11/h4,7,9,15H,2-3,5-6,13H2,1H3,(H,14,16). The number of amides is 1. The van der Waals surface area contributed by atoms with E-state index in [9.17, 15) is 9.90 Å². The van der Waals surface area contributed by atoms with Crippen molar-refractivity contribution in [1.29, 1.82) is 0 Å². The van der Waals surface area contributed by atoms with Crippen LogP contribution in [0.2, 0.25) is 0 Å². The zero-order chi connectivity index (χ0) is 13.1. The maximum Gasteiger partial charge on any atom is 0.261 e. The largest absolute Gasteiger partial charge is 0.392 e. The second-order valence-electron chi connectivity index (χ2n) is 4.48. The molecule has 0 fully saturated rings. The lowest BCUT2D eigenvalue weighted by Crippen LogP contribution is -2.43. The fraction of sp³-hybridized carbons (Fsp3) is 0.583. The summed E-state index contributed by atoms with van der Waals surface area (Å²) in [6.45, 7) is 1.92. The lowest BCUT2D eigenvalue weighted by molar-refractivity contribution is 0.0941. The summed E-state index contributed by atoms with van der Waals surface area (Å²) >= 11 is 3.48. The van der Waals surface area contributed by atoms with Crippen molar-refractivity contribution in [3.63, 3.8) is 0 Å². The highest BCUT2D eigenvalue weighted by Crippen LogP contribution is 2.31. The molecule has 0 saturated carbocycles. The van der Waals surface area contributed by atoms with E-state index >= 15 is 0 Å². The van der Waals surface area contributed by atoms with Gasteiger partial charge in [0, 0.05) is 23.2 Å². The number of nitrogens with one attached hydrogen (secondary N) is 1. The highest BCUT2D eigenvalue weighted by atomic mass is 32.2. The molecule has 1 amide bonds. The predicted molar refractivity (Wildman–Crippen MR) is 76.2 cm³/mol. The van der Waals surface area contributed by atoms with Crippen molar-refractivity contribution in [1.82, 2.24) is 5.32 Å². The quantitative estimate of drug-likeness (QED) is 0.771. The van der Waals surface area contributed by atoms with E-state index in [1.165, 1.54) is 10.4 Å². The topological polar surface area (TPSA) is 75.3 Å². The number of fused-ring (bicyclic) bond motifs is 1. The molecule has 4 nitrogen and oxygen atoms in total. The molecule has 4 N–H and O–H groups in total. The molecular formula is C12H18N2O2S2. The first-order valence-electron chi connectivity index (χ1n) is 5.99. The maximum atomic E-state index is 11.9. The van der Waals surface area contributed by atoms with Gasteiger partial charge in [0.2, 0.25) is 0 Å². The van der Waals surface area contributed by atoms with E-state index in [4.69, 9.17) is 5.73 Å². The number of aryl methyl sites for hydroxylation is 1. The van der Waals surface area contributed by atoms with Gasteiger partial charge in [0.05, 0.1) is 11.0 Å². The van der Waals surface area contributed by atoms with E-state index in [-0.39, 0.29) is 5.91 Å². The smallest absolute Gasteiger partial charge is 0.261 e. The number of thiophene rings is 1. The lowest BCUT2D eigenvalue weighted by Gasteiger charge is -2.14. The molecule has 18 heavy (non-hydrogen) atoms. The van der Waals surface area contributed by atoms with Crippen molar-refractivity contribution in [2.75, 3.05) is 12.3 Å². The highest BCUT2D eigenvalue weighted by molar-refractivity contribution is 7.98. The monoisotopic (exact) mass is 286 g/mol. The molecule has 1 aromatic heterocycles. The Morgan fingerprint density at radius 2 is 2.44 bits per heavy atom. The lowest BCUT2D eigenvalue weighted by atomic mass is 10.2. The van der Waals surface area contributed by atoms with Crippen LogP contribution in [-0.4, -0.2) is 35.5 Å². The Bertz CT molecular complexity index is 408. The molecule has 2 unspecified atom stereocenters. The van der Waals surface area contributed by atoms with Crippen LogP contribution in [0, 0.1) is 0 Å². The minimum atomic E-state index is -0.613. The van der Waals surface area contributed by atoms with Gasteiger partial charge in [0.1, 0.15) is 0 Å². The number of aliphatic hydroxyl groups is 1. The first-order chi connectivity index (χ1) is 8.58. The summed E-state index contributed by atoms with van der Waals surface area (Å²) in [5.41, 5.74) is 6.97.